The van der Waals surface area contributed by atoms with Gasteiger partial charge < -0.3 is 5.73 Å². The van der Waals surface area contributed by atoms with Gasteiger partial charge in [-0.3, -0.25) is 10.2 Å². The molecule has 1 atom stereocenters. The molecule has 0 aliphatic carbocycles. The number of nitrogens with one attached hydrogen (secondary N) is 1. The summed E-state index contributed by atoms with van der Waals surface area (Å²) in [5, 5.41) is 0.933. The average Bonchev–Trinajstić information content (AvgIpc) is 2.54. The van der Waals surface area contributed by atoms with Gasteiger partial charge in [-0.15, -0.1) is 11.8 Å². The third-order valence-electron chi connectivity index (χ3n) is 2.02. The van der Waals surface area contributed by atoms with Crippen LogP contribution in [0.25, 0.3) is 0 Å². The van der Waals surface area contributed by atoms with Crippen LogP contribution in [0.5, 0.6) is 0 Å². The van der Waals surface area contributed by atoms with Crippen LogP contribution in [0.15, 0.2) is 4.21 Å². The predicted molar refractivity (Wildman–Crippen MR) is 68.1 cm³/mol. The van der Waals surface area contributed by atoms with Gasteiger partial charge in [0, 0.05) is 11.7 Å². The Morgan fingerprint density at radius 3 is 2.88 bits per heavy atom. The Kier molecular flexibility index (Phi) is 5.04. The monoisotopic (exact) mass is 260 g/mol. The van der Waals surface area contributed by atoms with Crippen LogP contribution in [-0.4, -0.2) is 16.1 Å². The van der Waals surface area contributed by atoms with Crippen LogP contribution < -0.4 is 17.0 Å². The molecule has 5 nitrogen and oxygen atoms in total. The molecule has 0 aliphatic heterocycles. The second kappa shape index (κ2) is 6.07. The van der Waals surface area contributed by atoms with Crippen LogP contribution in [0.3, 0.4) is 0 Å². The molecule has 1 heterocycles. The molecule has 1 amide bonds. The van der Waals surface area contributed by atoms with Gasteiger partial charge in [-0.1, -0.05) is 18.3 Å². The summed E-state index contributed by atoms with van der Waals surface area (Å²) in [6.07, 6.45) is 1.23. The lowest BCUT2D eigenvalue weighted by Crippen LogP contribution is -2.30. The van der Waals surface area contributed by atoms with Gasteiger partial charge in [0.2, 0.25) is 5.91 Å². The Morgan fingerprint density at radius 1 is 1.69 bits per heavy atom. The highest BCUT2D eigenvalue weighted by molar-refractivity contribution is 8.01. The van der Waals surface area contributed by atoms with E-state index in [1.165, 1.54) is 11.3 Å². The maximum Gasteiger partial charge on any atom is 0.233 e. The minimum Gasteiger partial charge on any atom is -0.375 e. The Balaban J connectivity index is 2.42. The summed E-state index contributed by atoms with van der Waals surface area (Å²) < 4.78 is 1.12. The number of nitrogens with two attached hydrogens (primary N) is 2. The summed E-state index contributed by atoms with van der Waals surface area (Å²) in [4.78, 5) is 15.1. The standard InChI is InChI=1S/C9H16N4OS2/c1-5(3-4-7(14)13-11)15-8-6(2)12-9(10)16-8/h5H,3-4,11H2,1-2H3,(H2,10,12)(H,13,14). The summed E-state index contributed by atoms with van der Waals surface area (Å²) in [7, 11) is 0. The van der Waals surface area contributed by atoms with Crippen molar-refractivity contribution in [1.82, 2.24) is 10.4 Å². The lowest BCUT2D eigenvalue weighted by molar-refractivity contribution is -0.121. The van der Waals surface area contributed by atoms with E-state index in [2.05, 4.69) is 17.3 Å². The number of nitrogen functional groups attached to an aromatic ring is 1. The van der Waals surface area contributed by atoms with Gasteiger partial charge in [-0.25, -0.2) is 10.8 Å². The van der Waals surface area contributed by atoms with Crippen molar-refractivity contribution in [3.63, 3.8) is 0 Å². The van der Waals surface area contributed by atoms with Crippen molar-refractivity contribution in [2.45, 2.75) is 36.1 Å². The van der Waals surface area contributed by atoms with Crippen molar-refractivity contribution < 1.29 is 4.79 Å². The van der Waals surface area contributed by atoms with Gasteiger partial charge in [0.15, 0.2) is 5.13 Å². The lowest BCUT2D eigenvalue weighted by Gasteiger charge is -2.08. The molecule has 7 heteroatoms. The Labute approximate surface area is 103 Å². The first kappa shape index (κ1) is 13.3. The highest BCUT2D eigenvalue weighted by atomic mass is 32.2. The van der Waals surface area contributed by atoms with E-state index in [0.29, 0.717) is 16.8 Å². The largest absolute Gasteiger partial charge is 0.375 e. The van der Waals surface area contributed by atoms with E-state index in [1.807, 2.05) is 6.92 Å². The van der Waals surface area contributed by atoms with Gasteiger partial charge in [-0.05, 0) is 13.3 Å². The predicted octanol–water partition coefficient (Wildman–Crippen LogP) is 1.28. The van der Waals surface area contributed by atoms with Gasteiger partial charge in [0.05, 0.1) is 9.90 Å². The first-order valence-electron chi connectivity index (χ1n) is 4.92. The van der Waals surface area contributed by atoms with Gasteiger partial charge >= 0.3 is 0 Å². The quantitative estimate of drug-likeness (QED) is 0.321. The summed E-state index contributed by atoms with van der Waals surface area (Å²) in [6, 6.07) is 0. The molecule has 0 radical (unpaired) electrons. The normalized spacial score (nSPS) is 12.4. The molecule has 1 rings (SSSR count). The lowest BCUT2D eigenvalue weighted by atomic mass is 10.2. The van der Waals surface area contributed by atoms with Crippen molar-refractivity contribution >= 4 is 34.1 Å². The number of hydrogen-bond acceptors (Lipinski definition) is 6. The van der Waals surface area contributed by atoms with Crippen LogP contribution in [0, 0.1) is 6.92 Å². The second-order valence-corrected chi connectivity index (χ2v) is 6.20. The van der Waals surface area contributed by atoms with Crippen molar-refractivity contribution in [2.75, 3.05) is 5.73 Å². The molecule has 16 heavy (non-hydrogen) atoms. The number of thiazole rings is 1. The van der Waals surface area contributed by atoms with Crippen LogP contribution in [-0.2, 0) is 4.79 Å². The van der Waals surface area contributed by atoms with E-state index >= 15 is 0 Å². The Bertz CT molecular complexity index is 366. The number of aromatic nitrogens is 1. The zero-order valence-corrected chi connectivity index (χ0v) is 11.0. The zero-order valence-electron chi connectivity index (χ0n) is 9.32. The van der Waals surface area contributed by atoms with Crippen molar-refractivity contribution in [2.24, 2.45) is 5.84 Å². The minimum absolute atomic E-state index is 0.131. The molecule has 1 aromatic rings. The zero-order chi connectivity index (χ0) is 12.1. The van der Waals surface area contributed by atoms with E-state index in [4.69, 9.17) is 11.6 Å². The number of carbonyl (C=O) groups excluding carboxylic acids is 1. The molecule has 90 valence electrons. The number of rotatable bonds is 5. The second-order valence-electron chi connectivity index (χ2n) is 3.46. The van der Waals surface area contributed by atoms with Gasteiger partial charge in [0.1, 0.15) is 0 Å². The van der Waals surface area contributed by atoms with E-state index in [-0.39, 0.29) is 5.91 Å². The minimum atomic E-state index is -0.131. The van der Waals surface area contributed by atoms with E-state index in [1.54, 1.807) is 11.8 Å². The summed E-state index contributed by atoms with van der Waals surface area (Å²) in [6.45, 7) is 4.01. The SMILES string of the molecule is Cc1nc(N)sc1SC(C)CCC(=O)NN. The molecule has 0 spiro atoms. The number of thioether (sulfide) groups is 1. The van der Waals surface area contributed by atoms with Crippen molar-refractivity contribution in [3.8, 4) is 0 Å². The number of anilines is 1. The van der Waals surface area contributed by atoms with Gasteiger partial charge in [-0.2, -0.15) is 0 Å². The maximum absolute atomic E-state index is 11.0. The molecule has 1 aromatic heterocycles. The molecule has 0 saturated heterocycles. The van der Waals surface area contributed by atoms with Crippen LogP contribution in [0.4, 0.5) is 5.13 Å². The third-order valence-corrected chi connectivity index (χ3v) is 4.49. The number of aryl methyl sites for hydroxylation is 1. The number of hydrazine groups is 1. The first-order valence-corrected chi connectivity index (χ1v) is 6.61. The fraction of sp³-hybridized carbons (Fsp3) is 0.556. The molecular formula is C9H16N4OS2. The highest BCUT2D eigenvalue weighted by Crippen LogP contribution is 2.34. The molecular weight excluding hydrogens is 244 g/mol. The third kappa shape index (κ3) is 3.99. The topological polar surface area (TPSA) is 94.0 Å². The van der Waals surface area contributed by atoms with E-state index < -0.39 is 0 Å². The van der Waals surface area contributed by atoms with Crippen LogP contribution in [0.2, 0.25) is 0 Å². The molecule has 0 aromatic carbocycles. The average molecular weight is 260 g/mol. The Hall–Kier alpha value is -0.790. The van der Waals surface area contributed by atoms with Crippen molar-refractivity contribution in [1.29, 1.82) is 0 Å². The number of nitrogens with zero attached hydrogens (tertiary/aromatic N) is 1. The van der Waals surface area contributed by atoms with Crippen LogP contribution in [0.1, 0.15) is 25.5 Å². The number of hydrogen-bond donors (Lipinski definition) is 3. The van der Waals surface area contributed by atoms with Gasteiger partial charge in [0.25, 0.3) is 0 Å². The maximum atomic E-state index is 11.0. The molecule has 0 bridgehead atoms. The number of carbonyl (C=O) groups is 1. The molecule has 0 fully saturated rings. The molecule has 0 saturated carbocycles. The van der Waals surface area contributed by atoms with Crippen LogP contribution >= 0.6 is 23.1 Å². The summed E-state index contributed by atoms with van der Waals surface area (Å²) in [5.41, 5.74) is 8.69. The molecule has 5 N–H and O–H groups in total. The fourth-order valence-corrected chi connectivity index (χ4v) is 3.48. The van der Waals surface area contributed by atoms with E-state index in [0.717, 1.165) is 16.3 Å². The fourth-order valence-electron chi connectivity index (χ4n) is 1.16. The summed E-state index contributed by atoms with van der Waals surface area (Å²) >= 11 is 3.19. The molecule has 0 aliphatic rings. The smallest absolute Gasteiger partial charge is 0.233 e. The Morgan fingerprint density at radius 2 is 2.38 bits per heavy atom. The highest BCUT2D eigenvalue weighted by Gasteiger charge is 2.12. The number of amides is 1. The molecule has 1 unspecified atom stereocenters. The summed E-state index contributed by atoms with van der Waals surface area (Å²) in [5.74, 6) is 4.88. The first-order chi connectivity index (χ1) is 7.52. The van der Waals surface area contributed by atoms with E-state index in [9.17, 15) is 4.79 Å². The van der Waals surface area contributed by atoms with Crippen molar-refractivity contribution in [3.05, 3.63) is 5.69 Å².